The molecule has 3 nitrogen and oxygen atoms in total. The fraction of sp³-hybridized carbons (Fsp3) is 0.208. The second kappa shape index (κ2) is 9.26. The smallest absolute Gasteiger partial charge is 0.164 e. The largest absolute Gasteiger partial charge is 0.387 e. The number of ketones is 1. The molecule has 0 saturated carbocycles. The topological polar surface area (TPSA) is 49.3 Å². The molecular weight excluding hydrogens is 334 g/mol. The highest BCUT2D eigenvalue weighted by molar-refractivity contribution is 5.96. The lowest BCUT2D eigenvalue weighted by Crippen LogP contribution is -2.33. The molecule has 3 heteroatoms. The van der Waals surface area contributed by atoms with Crippen molar-refractivity contribution in [1.29, 1.82) is 0 Å². The zero-order valence-electron chi connectivity index (χ0n) is 15.5. The lowest BCUT2D eigenvalue weighted by Gasteiger charge is -2.20. The summed E-state index contributed by atoms with van der Waals surface area (Å²) in [5.41, 5.74) is 3.83. The first-order chi connectivity index (χ1) is 13.1. The molecule has 138 valence electrons. The van der Waals surface area contributed by atoms with Crippen LogP contribution in [-0.4, -0.2) is 23.5 Å². The highest BCUT2D eigenvalue weighted by atomic mass is 16.3. The monoisotopic (exact) mass is 359 g/mol. The summed E-state index contributed by atoms with van der Waals surface area (Å²) < 4.78 is 0. The summed E-state index contributed by atoms with van der Waals surface area (Å²) in [5.74, 6) is 0.100. The van der Waals surface area contributed by atoms with Crippen LogP contribution in [0.1, 0.15) is 35.4 Å². The molecule has 0 amide bonds. The molecule has 27 heavy (non-hydrogen) atoms. The van der Waals surface area contributed by atoms with Gasteiger partial charge >= 0.3 is 0 Å². The maximum Gasteiger partial charge on any atom is 0.164 e. The van der Waals surface area contributed by atoms with Crippen molar-refractivity contribution in [2.45, 2.75) is 25.5 Å². The lowest BCUT2D eigenvalue weighted by atomic mass is 10.0. The highest BCUT2D eigenvalue weighted by Crippen LogP contribution is 2.20. The molecule has 2 unspecified atom stereocenters. The van der Waals surface area contributed by atoms with Crippen molar-refractivity contribution in [1.82, 2.24) is 5.32 Å². The maximum atomic E-state index is 12.4. The number of Topliss-reactive ketones (excluding diaryl/α,β-unsaturated/α-hetero) is 1. The molecule has 0 aliphatic heterocycles. The molecule has 0 aromatic heterocycles. The van der Waals surface area contributed by atoms with Crippen molar-refractivity contribution in [2.75, 3.05) is 6.54 Å². The fourth-order valence-electron chi connectivity index (χ4n) is 3.09. The first kappa shape index (κ1) is 19.0. The van der Waals surface area contributed by atoms with Crippen LogP contribution in [0.4, 0.5) is 0 Å². The molecule has 3 aromatic carbocycles. The van der Waals surface area contributed by atoms with Crippen molar-refractivity contribution >= 4 is 5.78 Å². The third-order valence-corrected chi connectivity index (χ3v) is 4.75. The highest BCUT2D eigenvalue weighted by Gasteiger charge is 2.16. The summed E-state index contributed by atoms with van der Waals surface area (Å²) in [6, 6.07) is 27.3. The zero-order chi connectivity index (χ0) is 19.1. The van der Waals surface area contributed by atoms with Gasteiger partial charge in [-0.25, -0.2) is 0 Å². The number of hydrogen-bond donors (Lipinski definition) is 2. The molecule has 0 aliphatic carbocycles. The molecule has 0 bridgehead atoms. The number of hydrogen-bond acceptors (Lipinski definition) is 3. The Bertz CT molecular complexity index is 845. The van der Waals surface area contributed by atoms with Crippen LogP contribution in [0.3, 0.4) is 0 Å². The Balaban J connectivity index is 1.50. The average Bonchev–Trinajstić information content (AvgIpc) is 2.74. The number of aliphatic hydroxyl groups excluding tert-OH is 1. The van der Waals surface area contributed by atoms with Crippen LogP contribution >= 0.6 is 0 Å². The van der Waals surface area contributed by atoms with E-state index >= 15 is 0 Å². The molecule has 3 aromatic rings. The molecule has 3 rings (SSSR count). The second-order valence-electron chi connectivity index (χ2n) is 6.71. The number of benzene rings is 3. The second-order valence-corrected chi connectivity index (χ2v) is 6.71. The van der Waals surface area contributed by atoms with Crippen LogP contribution in [0.15, 0.2) is 84.9 Å². The Kier molecular flexibility index (Phi) is 6.53. The predicted octanol–water partition coefficient (Wildman–Crippen LogP) is 4.64. The molecular formula is C24H25NO2. The van der Waals surface area contributed by atoms with Crippen LogP contribution in [0.2, 0.25) is 0 Å². The van der Waals surface area contributed by atoms with Gasteiger partial charge < -0.3 is 10.4 Å². The number of carbonyl (C=O) groups excluding carboxylic acids is 1. The molecule has 0 spiro atoms. The van der Waals surface area contributed by atoms with Crippen molar-refractivity contribution in [3.05, 3.63) is 96.1 Å². The van der Waals surface area contributed by atoms with Gasteiger partial charge in [0.25, 0.3) is 0 Å². The Hall–Kier alpha value is -2.75. The minimum Gasteiger partial charge on any atom is -0.387 e. The molecule has 2 atom stereocenters. The Morgan fingerprint density at radius 2 is 1.41 bits per heavy atom. The molecule has 0 radical (unpaired) electrons. The predicted molar refractivity (Wildman–Crippen MR) is 110 cm³/mol. The van der Waals surface area contributed by atoms with E-state index in [1.807, 2.05) is 79.7 Å². The summed E-state index contributed by atoms with van der Waals surface area (Å²) in [6.07, 6.45) is -0.192. The summed E-state index contributed by atoms with van der Waals surface area (Å²) in [6.45, 7) is 2.46. The van der Waals surface area contributed by atoms with Crippen molar-refractivity contribution in [3.8, 4) is 11.1 Å². The third-order valence-electron chi connectivity index (χ3n) is 4.75. The number of aliphatic hydroxyl groups is 1. The minimum absolute atomic E-state index is 0.100. The Morgan fingerprint density at radius 1 is 0.852 bits per heavy atom. The first-order valence-electron chi connectivity index (χ1n) is 9.30. The van der Waals surface area contributed by atoms with Gasteiger partial charge in [0.05, 0.1) is 6.10 Å². The Morgan fingerprint density at radius 3 is 2.04 bits per heavy atom. The van der Waals surface area contributed by atoms with Gasteiger partial charge in [0, 0.05) is 24.6 Å². The molecule has 2 N–H and O–H groups in total. The fourth-order valence-corrected chi connectivity index (χ4v) is 3.09. The maximum absolute atomic E-state index is 12.4. The van der Waals surface area contributed by atoms with Gasteiger partial charge in [0.15, 0.2) is 5.78 Å². The van der Waals surface area contributed by atoms with Crippen molar-refractivity contribution < 1.29 is 9.90 Å². The lowest BCUT2D eigenvalue weighted by molar-refractivity contribution is 0.0972. The van der Waals surface area contributed by atoms with Gasteiger partial charge in [-0.2, -0.15) is 0 Å². The minimum atomic E-state index is -0.591. The van der Waals surface area contributed by atoms with E-state index in [-0.39, 0.29) is 11.8 Å². The molecule has 0 saturated heterocycles. The van der Waals surface area contributed by atoms with E-state index in [1.54, 1.807) is 0 Å². The summed E-state index contributed by atoms with van der Waals surface area (Å²) in [5, 5.41) is 13.6. The van der Waals surface area contributed by atoms with Gasteiger partial charge in [0.2, 0.25) is 0 Å². The molecule has 0 fully saturated rings. The van der Waals surface area contributed by atoms with E-state index in [9.17, 15) is 9.90 Å². The number of rotatable bonds is 8. The van der Waals surface area contributed by atoms with E-state index in [4.69, 9.17) is 0 Å². The number of carbonyl (C=O) groups is 1. The van der Waals surface area contributed by atoms with Gasteiger partial charge in [0.1, 0.15) is 0 Å². The van der Waals surface area contributed by atoms with Crippen LogP contribution in [0, 0.1) is 0 Å². The van der Waals surface area contributed by atoms with E-state index in [0.717, 1.165) is 16.7 Å². The normalized spacial score (nSPS) is 13.1. The van der Waals surface area contributed by atoms with Crippen LogP contribution in [-0.2, 0) is 0 Å². The van der Waals surface area contributed by atoms with E-state index in [0.29, 0.717) is 18.5 Å². The van der Waals surface area contributed by atoms with E-state index in [1.165, 1.54) is 0 Å². The first-order valence-corrected chi connectivity index (χ1v) is 9.30. The van der Waals surface area contributed by atoms with Gasteiger partial charge in [-0.1, -0.05) is 84.9 Å². The SMILES string of the molecule is CC(NCCC(=O)c1ccc(-c2ccccc2)cc1)C(O)c1ccccc1. The molecule has 0 aliphatic rings. The van der Waals surface area contributed by atoms with Crippen molar-refractivity contribution in [2.24, 2.45) is 0 Å². The summed E-state index contributed by atoms with van der Waals surface area (Å²) >= 11 is 0. The van der Waals surface area contributed by atoms with Gasteiger partial charge in [-0.15, -0.1) is 0 Å². The van der Waals surface area contributed by atoms with Gasteiger partial charge in [-0.3, -0.25) is 4.79 Å². The average molecular weight is 359 g/mol. The number of nitrogens with one attached hydrogen (secondary N) is 1. The van der Waals surface area contributed by atoms with Gasteiger partial charge in [-0.05, 0) is 23.6 Å². The van der Waals surface area contributed by atoms with E-state index in [2.05, 4.69) is 17.4 Å². The summed E-state index contributed by atoms with van der Waals surface area (Å²) in [4.78, 5) is 12.4. The standard InChI is InChI=1S/C24H25NO2/c1-18(24(27)22-10-6-3-7-11-22)25-17-16-23(26)21-14-12-20(13-15-21)19-8-4-2-5-9-19/h2-15,18,24-25,27H,16-17H2,1H3. The molecule has 0 heterocycles. The third kappa shape index (κ3) is 5.13. The summed E-state index contributed by atoms with van der Waals surface area (Å²) in [7, 11) is 0. The van der Waals surface area contributed by atoms with Crippen LogP contribution in [0.5, 0.6) is 0 Å². The van der Waals surface area contributed by atoms with Crippen LogP contribution in [0.25, 0.3) is 11.1 Å². The van der Waals surface area contributed by atoms with Crippen molar-refractivity contribution in [3.63, 3.8) is 0 Å². The Labute approximate surface area is 160 Å². The quantitative estimate of drug-likeness (QED) is 0.576. The van der Waals surface area contributed by atoms with E-state index < -0.39 is 6.10 Å². The van der Waals surface area contributed by atoms with Crippen LogP contribution < -0.4 is 5.32 Å². The zero-order valence-corrected chi connectivity index (χ0v) is 15.5.